The summed E-state index contributed by atoms with van der Waals surface area (Å²) in [6.07, 6.45) is 3.80. The zero-order valence-corrected chi connectivity index (χ0v) is 10.7. The number of hydrogen-bond donors (Lipinski definition) is 2. The molecule has 0 radical (unpaired) electrons. The molecule has 3 N–H and O–H groups in total. The number of pyridine rings is 1. The van der Waals surface area contributed by atoms with Crippen molar-refractivity contribution >= 4 is 5.52 Å². The van der Waals surface area contributed by atoms with Gasteiger partial charge in [0.2, 0.25) is 0 Å². The third kappa shape index (κ3) is 2.01. The Morgan fingerprint density at radius 3 is 2.68 bits per heavy atom. The second-order valence-electron chi connectivity index (χ2n) is 4.59. The van der Waals surface area contributed by atoms with E-state index in [0.717, 1.165) is 11.1 Å². The van der Waals surface area contributed by atoms with Gasteiger partial charge in [0.25, 0.3) is 0 Å². The average Bonchev–Trinajstić information content (AvgIpc) is 2.86. The largest absolute Gasteiger partial charge is 0.271 e. The molecule has 1 unspecified atom stereocenters. The van der Waals surface area contributed by atoms with Crippen LogP contribution in [-0.2, 0) is 0 Å². The smallest absolute Gasteiger partial charge is 0.0749 e. The molecule has 0 bridgehead atoms. The van der Waals surface area contributed by atoms with Crippen LogP contribution in [0.5, 0.6) is 0 Å². The lowest BCUT2D eigenvalue weighted by Crippen LogP contribution is -2.29. The Labute approximate surface area is 111 Å². The van der Waals surface area contributed by atoms with Crippen molar-refractivity contribution in [3.63, 3.8) is 0 Å². The van der Waals surface area contributed by atoms with Crippen LogP contribution in [0.3, 0.4) is 0 Å². The minimum Gasteiger partial charge on any atom is -0.271 e. The van der Waals surface area contributed by atoms with Gasteiger partial charge < -0.3 is 0 Å². The molecule has 0 saturated carbocycles. The summed E-state index contributed by atoms with van der Waals surface area (Å²) in [7, 11) is 0. The Balaban J connectivity index is 2.15. The lowest BCUT2D eigenvalue weighted by atomic mass is 9.96. The second kappa shape index (κ2) is 4.84. The summed E-state index contributed by atoms with van der Waals surface area (Å²) >= 11 is 0. The van der Waals surface area contributed by atoms with Gasteiger partial charge in [-0.25, -0.2) is 9.94 Å². The van der Waals surface area contributed by atoms with Crippen molar-refractivity contribution in [2.24, 2.45) is 5.84 Å². The fraction of sp³-hybridized carbons (Fsp3) is 0.133. The summed E-state index contributed by atoms with van der Waals surface area (Å²) in [5.74, 6) is 5.77. The predicted molar refractivity (Wildman–Crippen MR) is 75.5 cm³/mol. The topological polar surface area (TPSA) is 55.3 Å². The summed E-state index contributed by atoms with van der Waals surface area (Å²) < 4.78 is 1.86. The Kier molecular flexibility index (Phi) is 3.03. The molecule has 3 rings (SSSR count). The van der Waals surface area contributed by atoms with Crippen molar-refractivity contribution in [3.05, 3.63) is 71.5 Å². The van der Waals surface area contributed by atoms with Crippen LogP contribution < -0.4 is 11.3 Å². The monoisotopic (exact) mass is 252 g/mol. The van der Waals surface area contributed by atoms with Gasteiger partial charge in [0, 0.05) is 11.8 Å². The molecule has 0 aliphatic heterocycles. The van der Waals surface area contributed by atoms with Crippen molar-refractivity contribution in [2.45, 2.75) is 13.0 Å². The summed E-state index contributed by atoms with van der Waals surface area (Å²) in [5.41, 5.74) is 7.42. The van der Waals surface area contributed by atoms with E-state index in [1.54, 1.807) is 0 Å². The fourth-order valence-electron chi connectivity index (χ4n) is 2.43. The normalized spacial score (nSPS) is 12.7. The number of hydrazine groups is 1. The molecule has 2 aromatic heterocycles. The maximum atomic E-state index is 5.77. The van der Waals surface area contributed by atoms with E-state index in [2.05, 4.69) is 29.6 Å². The highest BCUT2D eigenvalue weighted by atomic mass is 15.3. The third-order valence-electron chi connectivity index (χ3n) is 3.43. The van der Waals surface area contributed by atoms with E-state index in [1.807, 2.05) is 47.2 Å². The fourth-order valence-corrected chi connectivity index (χ4v) is 2.43. The summed E-state index contributed by atoms with van der Waals surface area (Å²) in [4.78, 5) is 0. The zero-order valence-electron chi connectivity index (χ0n) is 10.7. The lowest BCUT2D eigenvalue weighted by Gasteiger charge is -2.17. The average molecular weight is 252 g/mol. The number of nitrogens with two attached hydrogens (primary N) is 1. The molecule has 2 heterocycles. The molecule has 0 aliphatic rings. The summed E-state index contributed by atoms with van der Waals surface area (Å²) in [6.45, 7) is 2.09. The number of nitrogens with zero attached hydrogens (tertiary/aromatic N) is 2. The molecule has 0 fully saturated rings. The first-order valence-electron chi connectivity index (χ1n) is 6.25. The Morgan fingerprint density at radius 2 is 1.89 bits per heavy atom. The second-order valence-corrected chi connectivity index (χ2v) is 4.59. The first kappa shape index (κ1) is 11.9. The Hall–Kier alpha value is -2.17. The summed E-state index contributed by atoms with van der Waals surface area (Å²) in [5, 5.41) is 4.36. The van der Waals surface area contributed by atoms with E-state index in [0.29, 0.717) is 0 Å². The van der Waals surface area contributed by atoms with Gasteiger partial charge >= 0.3 is 0 Å². The number of benzene rings is 1. The number of aromatic nitrogens is 2. The van der Waals surface area contributed by atoms with E-state index < -0.39 is 0 Å². The van der Waals surface area contributed by atoms with Crippen LogP contribution in [0, 0.1) is 6.92 Å². The Morgan fingerprint density at radius 1 is 1.11 bits per heavy atom. The molecule has 96 valence electrons. The maximum absolute atomic E-state index is 5.77. The van der Waals surface area contributed by atoms with Gasteiger partial charge in [-0.15, -0.1) is 0 Å². The van der Waals surface area contributed by atoms with E-state index in [9.17, 15) is 0 Å². The van der Waals surface area contributed by atoms with Crippen LogP contribution in [0.15, 0.2) is 54.9 Å². The van der Waals surface area contributed by atoms with Gasteiger partial charge in [-0.3, -0.25) is 5.84 Å². The number of aryl methyl sites for hydroxylation is 1. The van der Waals surface area contributed by atoms with Crippen molar-refractivity contribution in [1.29, 1.82) is 0 Å². The number of rotatable bonds is 3. The molecule has 4 heteroatoms. The van der Waals surface area contributed by atoms with E-state index in [-0.39, 0.29) is 6.04 Å². The Bertz CT molecular complexity index is 702. The van der Waals surface area contributed by atoms with Crippen molar-refractivity contribution in [2.75, 3.05) is 0 Å². The number of nitrogens with one attached hydrogen (secondary N) is 1. The summed E-state index contributed by atoms with van der Waals surface area (Å²) in [6, 6.07) is 14.2. The SMILES string of the molecule is Cc1ccccc1C(NN)c1cnn2ccccc12. The first-order chi connectivity index (χ1) is 9.31. The van der Waals surface area contributed by atoms with E-state index >= 15 is 0 Å². The number of fused-ring (bicyclic) bond motifs is 1. The van der Waals surface area contributed by atoms with Crippen LogP contribution in [0.1, 0.15) is 22.7 Å². The highest BCUT2D eigenvalue weighted by molar-refractivity contribution is 5.57. The lowest BCUT2D eigenvalue weighted by molar-refractivity contribution is 0.637. The quantitative estimate of drug-likeness (QED) is 0.555. The minimum absolute atomic E-state index is 0.0545. The van der Waals surface area contributed by atoms with Gasteiger partial charge in [0.15, 0.2) is 0 Å². The first-order valence-corrected chi connectivity index (χ1v) is 6.25. The molecule has 0 amide bonds. The van der Waals surface area contributed by atoms with Crippen LogP contribution in [-0.4, -0.2) is 9.61 Å². The van der Waals surface area contributed by atoms with Crippen molar-refractivity contribution in [1.82, 2.24) is 15.0 Å². The molecular formula is C15H16N4. The molecule has 1 aromatic carbocycles. The van der Waals surface area contributed by atoms with Crippen LogP contribution in [0.4, 0.5) is 0 Å². The van der Waals surface area contributed by atoms with Gasteiger partial charge in [-0.05, 0) is 30.2 Å². The van der Waals surface area contributed by atoms with Crippen LogP contribution in [0.25, 0.3) is 5.52 Å². The standard InChI is InChI=1S/C15H16N4/c1-11-6-2-3-7-12(11)15(18-16)13-10-17-19-9-5-4-8-14(13)19/h2-10,15,18H,16H2,1H3. The van der Waals surface area contributed by atoms with Gasteiger partial charge in [0.1, 0.15) is 0 Å². The highest BCUT2D eigenvalue weighted by Crippen LogP contribution is 2.27. The van der Waals surface area contributed by atoms with Gasteiger partial charge in [0.05, 0.1) is 17.8 Å². The predicted octanol–water partition coefficient (Wildman–Crippen LogP) is 2.20. The molecule has 4 nitrogen and oxygen atoms in total. The molecular weight excluding hydrogens is 236 g/mol. The van der Waals surface area contributed by atoms with Crippen molar-refractivity contribution < 1.29 is 0 Å². The van der Waals surface area contributed by atoms with Gasteiger partial charge in [-0.1, -0.05) is 30.3 Å². The minimum atomic E-state index is -0.0545. The molecule has 0 saturated heterocycles. The van der Waals surface area contributed by atoms with Crippen LogP contribution >= 0.6 is 0 Å². The highest BCUT2D eigenvalue weighted by Gasteiger charge is 2.18. The van der Waals surface area contributed by atoms with Crippen molar-refractivity contribution in [3.8, 4) is 0 Å². The van der Waals surface area contributed by atoms with E-state index in [1.165, 1.54) is 11.1 Å². The molecule has 0 aliphatic carbocycles. The van der Waals surface area contributed by atoms with E-state index in [4.69, 9.17) is 5.84 Å². The maximum Gasteiger partial charge on any atom is 0.0749 e. The molecule has 0 spiro atoms. The third-order valence-corrected chi connectivity index (χ3v) is 3.43. The molecule has 19 heavy (non-hydrogen) atoms. The number of hydrogen-bond acceptors (Lipinski definition) is 3. The molecule has 1 atom stereocenters. The van der Waals surface area contributed by atoms with Gasteiger partial charge in [-0.2, -0.15) is 5.10 Å². The zero-order chi connectivity index (χ0) is 13.2. The van der Waals surface area contributed by atoms with Crippen LogP contribution in [0.2, 0.25) is 0 Å². The molecule has 3 aromatic rings.